The number of fused-ring (bicyclic) bond motifs is 1. The Labute approximate surface area is 161 Å². The van der Waals surface area contributed by atoms with Crippen molar-refractivity contribution in [3.8, 4) is 11.5 Å². The highest BCUT2D eigenvalue weighted by Gasteiger charge is 2.13. The van der Waals surface area contributed by atoms with Crippen molar-refractivity contribution in [2.75, 3.05) is 11.1 Å². The van der Waals surface area contributed by atoms with Crippen LogP contribution in [0.2, 0.25) is 0 Å². The van der Waals surface area contributed by atoms with Crippen LogP contribution < -0.4 is 5.32 Å². The number of carbonyl (C=O) groups is 1. The SMILES string of the molecule is O=C(CSc1nnc2ccc(-c3ccco3)nn12)Nc1cccc([N+](=O)[O-])c1. The first-order chi connectivity index (χ1) is 13.6. The molecule has 0 aliphatic carbocycles. The van der Waals surface area contributed by atoms with Crippen molar-refractivity contribution in [3.05, 3.63) is 64.9 Å². The molecule has 0 unspecified atom stereocenters. The summed E-state index contributed by atoms with van der Waals surface area (Å²) in [5, 5.41) is 26.4. The number of nitrogens with one attached hydrogen (secondary N) is 1. The fourth-order valence-electron chi connectivity index (χ4n) is 2.44. The molecule has 0 aliphatic heterocycles. The number of nitro groups is 1. The Balaban J connectivity index is 1.46. The minimum Gasteiger partial charge on any atom is -0.463 e. The number of rotatable bonds is 6. The highest BCUT2D eigenvalue weighted by atomic mass is 32.2. The lowest BCUT2D eigenvalue weighted by molar-refractivity contribution is -0.384. The van der Waals surface area contributed by atoms with E-state index >= 15 is 0 Å². The minimum absolute atomic E-state index is 0.0378. The molecule has 140 valence electrons. The Morgan fingerprint density at radius 3 is 2.89 bits per heavy atom. The average Bonchev–Trinajstić information content (AvgIpc) is 3.36. The van der Waals surface area contributed by atoms with Gasteiger partial charge in [-0.3, -0.25) is 14.9 Å². The van der Waals surface area contributed by atoms with Gasteiger partial charge in [-0.1, -0.05) is 17.8 Å². The van der Waals surface area contributed by atoms with Crippen LogP contribution in [-0.4, -0.2) is 36.4 Å². The zero-order valence-electron chi connectivity index (χ0n) is 14.2. The maximum absolute atomic E-state index is 12.2. The molecule has 3 heterocycles. The summed E-state index contributed by atoms with van der Waals surface area (Å²) in [6.45, 7) is 0. The summed E-state index contributed by atoms with van der Waals surface area (Å²) in [6, 6.07) is 12.8. The summed E-state index contributed by atoms with van der Waals surface area (Å²) in [5.74, 6) is 0.315. The molecule has 1 aromatic carbocycles. The van der Waals surface area contributed by atoms with Crippen LogP contribution in [0, 0.1) is 10.1 Å². The van der Waals surface area contributed by atoms with Gasteiger partial charge in [-0.25, -0.2) is 0 Å². The molecule has 3 aromatic heterocycles. The third kappa shape index (κ3) is 3.69. The number of anilines is 1. The number of benzene rings is 1. The zero-order chi connectivity index (χ0) is 19.5. The van der Waals surface area contributed by atoms with E-state index in [4.69, 9.17) is 4.42 Å². The Morgan fingerprint density at radius 1 is 1.21 bits per heavy atom. The molecule has 0 saturated heterocycles. The molecule has 28 heavy (non-hydrogen) atoms. The van der Waals surface area contributed by atoms with Crippen molar-refractivity contribution in [3.63, 3.8) is 0 Å². The molecule has 0 spiro atoms. The molecule has 4 aromatic rings. The van der Waals surface area contributed by atoms with Gasteiger partial charge in [-0.15, -0.1) is 10.2 Å². The topological polar surface area (TPSA) is 128 Å². The van der Waals surface area contributed by atoms with Crippen LogP contribution in [0.4, 0.5) is 11.4 Å². The van der Waals surface area contributed by atoms with E-state index in [-0.39, 0.29) is 17.3 Å². The Kier molecular flexibility index (Phi) is 4.72. The molecule has 0 bridgehead atoms. The van der Waals surface area contributed by atoms with Crippen molar-refractivity contribution >= 4 is 34.7 Å². The first-order valence-electron chi connectivity index (χ1n) is 8.03. The molecule has 11 heteroatoms. The van der Waals surface area contributed by atoms with Crippen LogP contribution in [0.3, 0.4) is 0 Å². The first-order valence-corrected chi connectivity index (χ1v) is 9.02. The van der Waals surface area contributed by atoms with E-state index in [1.807, 2.05) is 0 Å². The molecular formula is C17H12N6O4S. The van der Waals surface area contributed by atoms with Gasteiger partial charge < -0.3 is 9.73 Å². The average molecular weight is 396 g/mol. The molecule has 0 saturated carbocycles. The smallest absolute Gasteiger partial charge is 0.271 e. The quantitative estimate of drug-likeness (QED) is 0.299. The van der Waals surface area contributed by atoms with E-state index in [2.05, 4.69) is 20.6 Å². The lowest BCUT2D eigenvalue weighted by Gasteiger charge is -2.04. The lowest BCUT2D eigenvalue weighted by atomic mass is 10.3. The maximum atomic E-state index is 12.2. The Hall–Kier alpha value is -3.73. The maximum Gasteiger partial charge on any atom is 0.271 e. The van der Waals surface area contributed by atoms with Crippen LogP contribution >= 0.6 is 11.8 Å². The second kappa shape index (κ2) is 7.48. The number of nitro benzene ring substituents is 1. The van der Waals surface area contributed by atoms with Crippen molar-refractivity contribution in [2.24, 2.45) is 0 Å². The van der Waals surface area contributed by atoms with Gasteiger partial charge >= 0.3 is 0 Å². The molecule has 1 N–H and O–H groups in total. The number of amides is 1. The normalized spacial score (nSPS) is 10.9. The first kappa shape index (κ1) is 17.7. The third-order valence-corrected chi connectivity index (χ3v) is 4.60. The van der Waals surface area contributed by atoms with Gasteiger partial charge in [-0.2, -0.15) is 9.61 Å². The van der Waals surface area contributed by atoms with E-state index in [0.29, 0.717) is 27.9 Å². The number of hydrogen-bond acceptors (Lipinski definition) is 8. The fourth-order valence-corrected chi connectivity index (χ4v) is 3.13. The number of furan rings is 1. The largest absolute Gasteiger partial charge is 0.463 e. The van der Waals surface area contributed by atoms with Gasteiger partial charge in [0.1, 0.15) is 5.69 Å². The predicted octanol–water partition coefficient (Wildman–Crippen LogP) is 3.02. The van der Waals surface area contributed by atoms with E-state index < -0.39 is 4.92 Å². The Bertz CT molecular complexity index is 1160. The summed E-state index contributed by atoms with van der Waals surface area (Å²) in [6.07, 6.45) is 1.56. The summed E-state index contributed by atoms with van der Waals surface area (Å²) in [5.41, 5.74) is 1.41. The van der Waals surface area contributed by atoms with Gasteiger partial charge in [0.05, 0.1) is 16.9 Å². The van der Waals surface area contributed by atoms with Crippen LogP contribution in [0.15, 0.2) is 64.4 Å². The standard InChI is InChI=1S/C17H12N6O4S/c24-16(18-11-3-1-4-12(9-11)23(25)26)10-28-17-20-19-15-7-6-13(21-22(15)17)14-5-2-8-27-14/h1-9H,10H2,(H,18,24). The second-order valence-corrected chi connectivity index (χ2v) is 6.54. The van der Waals surface area contributed by atoms with Gasteiger partial charge in [0.2, 0.25) is 11.1 Å². The number of carbonyl (C=O) groups excluding carboxylic acids is 1. The van der Waals surface area contributed by atoms with Crippen molar-refractivity contribution < 1.29 is 14.1 Å². The van der Waals surface area contributed by atoms with E-state index in [9.17, 15) is 14.9 Å². The Morgan fingerprint density at radius 2 is 2.11 bits per heavy atom. The molecule has 1 amide bonds. The van der Waals surface area contributed by atoms with Crippen LogP contribution in [-0.2, 0) is 4.79 Å². The van der Waals surface area contributed by atoms with Gasteiger partial charge in [0.15, 0.2) is 11.4 Å². The van der Waals surface area contributed by atoms with Crippen LogP contribution in [0.1, 0.15) is 0 Å². The zero-order valence-corrected chi connectivity index (χ0v) is 15.0. The molecule has 0 aliphatic rings. The number of aromatic nitrogens is 4. The summed E-state index contributed by atoms with van der Waals surface area (Å²) >= 11 is 1.15. The summed E-state index contributed by atoms with van der Waals surface area (Å²) < 4.78 is 6.87. The summed E-state index contributed by atoms with van der Waals surface area (Å²) in [7, 11) is 0. The molecule has 0 atom stereocenters. The number of nitrogens with zero attached hydrogens (tertiary/aromatic N) is 5. The van der Waals surface area contributed by atoms with E-state index in [1.54, 1.807) is 36.6 Å². The third-order valence-electron chi connectivity index (χ3n) is 3.68. The van der Waals surface area contributed by atoms with Gasteiger partial charge in [-0.05, 0) is 30.3 Å². The van der Waals surface area contributed by atoms with E-state index in [0.717, 1.165) is 11.8 Å². The monoisotopic (exact) mass is 396 g/mol. The van der Waals surface area contributed by atoms with Crippen LogP contribution in [0.5, 0.6) is 0 Å². The van der Waals surface area contributed by atoms with Crippen molar-refractivity contribution in [1.29, 1.82) is 0 Å². The van der Waals surface area contributed by atoms with Gasteiger partial charge in [0, 0.05) is 17.8 Å². The predicted molar refractivity (Wildman–Crippen MR) is 101 cm³/mol. The lowest BCUT2D eigenvalue weighted by Crippen LogP contribution is -2.14. The highest BCUT2D eigenvalue weighted by Crippen LogP contribution is 2.22. The second-order valence-electron chi connectivity index (χ2n) is 5.59. The molecular weight excluding hydrogens is 384 g/mol. The highest BCUT2D eigenvalue weighted by molar-refractivity contribution is 7.99. The number of thioether (sulfide) groups is 1. The van der Waals surface area contributed by atoms with Gasteiger partial charge in [0.25, 0.3) is 5.69 Å². The van der Waals surface area contributed by atoms with Crippen LogP contribution in [0.25, 0.3) is 17.1 Å². The molecule has 0 radical (unpaired) electrons. The minimum atomic E-state index is -0.519. The number of hydrogen-bond donors (Lipinski definition) is 1. The summed E-state index contributed by atoms with van der Waals surface area (Å²) in [4.78, 5) is 22.5. The molecule has 10 nitrogen and oxygen atoms in total. The molecule has 4 rings (SSSR count). The van der Waals surface area contributed by atoms with Crippen molar-refractivity contribution in [1.82, 2.24) is 19.8 Å². The fraction of sp³-hybridized carbons (Fsp3) is 0.0588. The van der Waals surface area contributed by atoms with Crippen molar-refractivity contribution in [2.45, 2.75) is 5.16 Å². The van der Waals surface area contributed by atoms with E-state index in [1.165, 1.54) is 22.7 Å². The molecule has 0 fully saturated rings. The number of non-ortho nitro benzene ring substituents is 1.